The van der Waals surface area contributed by atoms with Crippen LogP contribution in [0.1, 0.15) is 11.1 Å². The monoisotopic (exact) mass is 472 g/mol. The maximum Gasteiger partial charge on any atom is 0.294 e. The van der Waals surface area contributed by atoms with Crippen molar-refractivity contribution >= 4 is 46.5 Å². The van der Waals surface area contributed by atoms with E-state index in [0.717, 1.165) is 27.8 Å². The van der Waals surface area contributed by atoms with Crippen LogP contribution in [0, 0.1) is 0 Å². The number of rotatable bonds is 6. The maximum absolute atomic E-state index is 12.7. The van der Waals surface area contributed by atoms with Gasteiger partial charge in [-0.1, -0.05) is 41.9 Å². The number of imide groups is 1. The Kier molecular flexibility index (Phi) is 7.14. The van der Waals surface area contributed by atoms with Crippen LogP contribution < -0.4 is 4.74 Å². The molecule has 0 radical (unpaired) electrons. The van der Waals surface area contributed by atoms with Gasteiger partial charge in [-0.3, -0.25) is 19.3 Å². The first-order valence-corrected chi connectivity index (χ1v) is 11.3. The Balaban J connectivity index is 1.37. The van der Waals surface area contributed by atoms with Gasteiger partial charge in [-0.2, -0.15) is 0 Å². The molecule has 3 amide bonds. The zero-order chi connectivity index (χ0) is 22.5. The number of amides is 3. The summed E-state index contributed by atoms with van der Waals surface area (Å²) >= 11 is 6.98. The molecule has 0 aromatic heterocycles. The van der Waals surface area contributed by atoms with Gasteiger partial charge in [0.2, 0.25) is 5.91 Å². The Bertz CT molecular complexity index is 1050. The number of halogens is 1. The van der Waals surface area contributed by atoms with Crippen LogP contribution in [0.25, 0.3) is 6.08 Å². The van der Waals surface area contributed by atoms with Gasteiger partial charge in [-0.15, -0.1) is 0 Å². The van der Waals surface area contributed by atoms with Crippen molar-refractivity contribution < 1.29 is 23.9 Å². The van der Waals surface area contributed by atoms with E-state index in [0.29, 0.717) is 43.7 Å². The molecule has 2 aromatic carbocycles. The highest BCUT2D eigenvalue weighted by molar-refractivity contribution is 8.18. The summed E-state index contributed by atoms with van der Waals surface area (Å²) in [4.78, 5) is 40.3. The first-order valence-electron chi connectivity index (χ1n) is 10.1. The first-order chi connectivity index (χ1) is 15.5. The molecule has 2 saturated heterocycles. The molecule has 9 heteroatoms. The number of hydrogen-bond acceptors (Lipinski definition) is 6. The smallest absolute Gasteiger partial charge is 0.294 e. The molecule has 0 aliphatic carbocycles. The second-order valence-electron chi connectivity index (χ2n) is 7.21. The molecule has 0 unspecified atom stereocenters. The van der Waals surface area contributed by atoms with Gasteiger partial charge in [0.15, 0.2) is 0 Å². The van der Waals surface area contributed by atoms with Gasteiger partial charge in [0.1, 0.15) is 18.9 Å². The van der Waals surface area contributed by atoms with Crippen molar-refractivity contribution in [1.82, 2.24) is 9.80 Å². The molecule has 0 spiro atoms. The highest BCUT2D eigenvalue weighted by atomic mass is 35.5. The van der Waals surface area contributed by atoms with E-state index in [9.17, 15) is 14.4 Å². The van der Waals surface area contributed by atoms with Crippen LogP contribution >= 0.6 is 23.4 Å². The lowest BCUT2D eigenvalue weighted by Gasteiger charge is -2.28. The number of thioether (sulfide) groups is 1. The third kappa shape index (κ3) is 5.32. The van der Waals surface area contributed by atoms with Gasteiger partial charge in [0.05, 0.1) is 18.1 Å². The van der Waals surface area contributed by atoms with E-state index in [1.807, 2.05) is 24.3 Å². The predicted molar refractivity (Wildman–Crippen MR) is 122 cm³/mol. The molecule has 2 heterocycles. The molecule has 0 N–H and O–H groups in total. The fraction of sp³-hybridized carbons (Fsp3) is 0.261. The van der Waals surface area contributed by atoms with E-state index in [1.54, 1.807) is 35.2 Å². The van der Waals surface area contributed by atoms with Crippen molar-refractivity contribution in [1.29, 1.82) is 0 Å². The SMILES string of the molecule is O=C(CN1C(=O)S/C(=C\c2ccc(OCc3ccccc3Cl)cc2)C1=O)N1CCOCC1. The van der Waals surface area contributed by atoms with Gasteiger partial charge in [-0.05, 0) is 41.6 Å². The summed E-state index contributed by atoms with van der Waals surface area (Å²) in [6.07, 6.45) is 1.64. The molecule has 4 rings (SSSR count). The topological polar surface area (TPSA) is 76.2 Å². The molecule has 166 valence electrons. The van der Waals surface area contributed by atoms with E-state index in [2.05, 4.69) is 0 Å². The average Bonchev–Trinajstić information content (AvgIpc) is 3.07. The lowest BCUT2D eigenvalue weighted by molar-refractivity contribution is -0.139. The Hall–Kier alpha value is -2.81. The normalized spacial score (nSPS) is 17.8. The van der Waals surface area contributed by atoms with E-state index in [4.69, 9.17) is 21.1 Å². The molecule has 32 heavy (non-hydrogen) atoms. The van der Waals surface area contributed by atoms with Crippen LogP contribution in [0.3, 0.4) is 0 Å². The molecule has 2 aliphatic rings. The minimum absolute atomic E-state index is 0.253. The number of carbonyl (C=O) groups is 3. The summed E-state index contributed by atoms with van der Waals surface area (Å²) in [5, 5.41) is 0.203. The summed E-state index contributed by atoms with van der Waals surface area (Å²) in [5.74, 6) is -0.0520. The minimum Gasteiger partial charge on any atom is -0.489 e. The van der Waals surface area contributed by atoms with E-state index in [1.165, 1.54) is 0 Å². The first kappa shape index (κ1) is 22.4. The van der Waals surface area contributed by atoms with E-state index < -0.39 is 11.1 Å². The largest absolute Gasteiger partial charge is 0.489 e. The van der Waals surface area contributed by atoms with Gasteiger partial charge in [0, 0.05) is 23.7 Å². The van der Waals surface area contributed by atoms with Gasteiger partial charge < -0.3 is 14.4 Å². The molecular formula is C23H21ClN2O5S. The molecular weight excluding hydrogens is 452 g/mol. The van der Waals surface area contributed by atoms with Crippen LogP contribution in [-0.4, -0.2) is 59.7 Å². The molecule has 2 aromatic rings. The van der Waals surface area contributed by atoms with E-state index in [-0.39, 0.29) is 17.4 Å². The number of morpholine rings is 1. The summed E-state index contributed by atoms with van der Waals surface area (Å²) in [7, 11) is 0. The summed E-state index contributed by atoms with van der Waals surface area (Å²) in [6, 6.07) is 14.6. The highest BCUT2D eigenvalue weighted by Crippen LogP contribution is 2.32. The fourth-order valence-electron chi connectivity index (χ4n) is 3.27. The Labute approximate surface area is 194 Å². The summed E-state index contributed by atoms with van der Waals surface area (Å²) in [6.45, 7) is 1.95. The lowest BCUT2D eigenvalue weighted by Crippen LogP contribution is -2.46. The number of ether oxygens (including phenoxy) is 2. The third-order valence-corrected chi connectivity index (χ3v) is 6.34. The Morgan fingerprint density at radius 3 is 2.53 bits per heavy atom. The molecule has 0 bridgehead atoms. The zero-order valence-electron chi connectivity index (χ0n) is 17.2. The summed E-state index contributed by atoms with van der Waals surface area (Å²) < 4.78 is 11.0. The van der Waals surface area contributed by atoms with Crippen LogP contribution in [0.4, 0.5) is 4.79 Å². The van der Waals surface area contributed by atoms with Gasteiger partial charge in [0.25, 0.3) is 11.1 Å². The van der Waals surface area contributed by atoms with Crippen LogP contribution in [-0.2, 0) is 20.9 Å². The Morgan fingerprint density at radius 1 is 1.09 bits per heavy atom. The highest BCUT2D eigenvalue weighted by Gasteiger charge is 2.37. The van der Waals surface area contributed by atoms with Crippen molar-refractivity contribution in [2.45, 2.75) is 6.61 Å². The third-order valence-electron chi connectivity index (χ3n) is 5.06. The molecule has 0 atom stereocenters. The van der Waals surface area contributed by atoms with Crippen LogP contribution in [0.2, 0.25) is 5.02 Å². The minimum atomic E-state index is -0.458. The molecule has 7 nitrogen and oxygen atoms in total. The maximum atomic E-state index is 12.7. The lowest BCUT2D eigenvalue weighted by atomic mass is 10.2. The number of benzene rings is 2. The molecule has 2 aliphatic heterocycles. The number of nitrogens with zero attached hydrogens (tertiary/aromatic N) is 2. The van der Waals surface area contributed by atoms with Gasteiger partial charge in [-0.25, -0.2) is 0 Å². The van der Waals surface area contributed by atoms with E-state index >= 15 is 0 Å². The Morgan fingerprint density at radius 2 is 1.81 bits per heavy atom. The fourth-order valence-corrected chi connectivity index (χ4v) is 4.30. The second kappa shape index (κ2) is 10.2. The quantitative estimate of drug-likeness (QED) is 0.595. The zero-order valence-corrected chi connectivity index (χ0v) is 18.7. The number of hydrogen-bond donors (Lipinski definition) is 0. The molecule has 2 fully saturated rings. The number of carbonyl (C=O) groups excluding carboxylic acids is 3. The predicted octanol–water partition coefficient (Wildman–Crippen LogP) is 3.81. The van der Waals surface area contributed by atoms with Crippen molar-refractivity contribution in [3.05, 3.63) is 69.6 Å². The van der Waals surface area contributed by atoms with Gasteiger partial charge >= 0.3 is 0 Å². The molecule has 0 saturated carbocycles. The summed E-state index contributed by atoms with van der Waals surface area (Å²) in [5.41, 5.74) is 1.64. The standard InChI is InChI=1S/C23H21ClN2O5S/c24-19-4-2-1-3-17(19)15-31-18-7-5-16(6-8-18)13-20-22(28)26(23(29)32-20)14-21(27)25-9-11-30-12-10-25/h1-8,13H,9-12,14-15H2/b20-13-. The van der Waals surface area contributed by atoms with Crippen molar-refractivity contribution in [3.63, 3.8) is 0 Å². The van der Waals surface area contributed by atoms with Crippen LogP contribution in [0.15, 0.2) is 53.4 Å². The van der Waals surface area contributed by atoms with Crippen molar-refractivity contribution in [3.8, 4) is 5.75 Å². The second-order valence-corrected chi connectivity index (χ2v) is 8.61. The van der Waals surface area contributed by atoms with Crippen LogP contribution in [0.5, 0.6) is 5.75 Å². The average molecular weight is 473 g/mol. The van der Waals surface area contributed by atoms with Crippen molar-refractivity contribution in [2.75, 3.05) is 32.8 Å². The van der Waals surface area contributed by atoms with Crippen molar-refractivity contribution in [2.24, 2.45) is 0 Å².